The lowest BCUT2D eigenvalue weighted by atomic mass is 9.97. The number of carbonyl (C=O) groups excluding carboxylic acids is 1. The van der Waals surface area contributed by atoms with Crippen LogP contribution < -0.4 is 10.3 Å². The molecule has 0 unspecified atom stereocenters. The Morgan fingerprint density at radius 3 is 2.50 bits per heavy atom. The van der Waals surface area contributed by atoms with Crippen molar-refractivity contribution in [3.8, 4) is 5.75 Å². The van der Waals surface area contributed by atoms with Crippen LogP contribution in [-0.2, 0) is 7.05 Å². The van der Waals surface area contributed by atoms with Gasteiger partial charge in [0.25, 0.3) is 5.91 Å². The van der Waals surface area contributed by atoms with Gasteiger partial charge in [-0.2, -0.15) is 0 Å². The van der Waals surface area contributed by atoms with E-state index in [1.54, 1.807) is 19.3 Å². The molecule has 1 aliphatic heterocycles. The maximum atomic E-state index is 12.5. The minimum Gasteiger partial charge on any atom is -0.493 e. The van der Waals surface area contributed by atoms with Crippen LogP contribution in [0.15, 0.2) is 53.5 Å². The van der Waals surface area contributed by atoms with Crippen molar-refractivity contribution in [2.45, 2.75) is 12.8 Å². The molecule has 1 aromatic heterocycles. The highest BCUT2D eigenvalue weighted by molar-refractivity contribution is 5.93. The zero-order valence-electron chi connectivity index (χ0n) is 13.9. The second-order valence-electron chi connectivity index (χ2n) is 6.23. The normalized spacial score (nSPS) is 15.3. The van der Waals surface area contributed by atoms with E-state index in [1.165, 1.54) is 10.6 Å². The lowest BCUT2D eigenvalue weighted by Gasteiger charge is -2.32. The number of benzene rings is 1. The van der Waals surface area contributed by atoms with Crippen LogP contribution in [0.1, 0.15) is 23.2 Å². The largest absolute Gasteiger partial charge is 0.493 e. The van der Waals surface area contributed by atoms with Crippen molar-refractivity contribution in [3.63, 3.8) is 0 Å². The highest BCUT2D eigenvalue weighted by Gasteiger charge is 2.24. The summed E-state index contributed by atoms with van der Waals surface area (Å²) in [4.78, 5) is 25.8. The van der Waals surface area contributed by atoms with Crippen LogP contribution in [0.5, 0.6) is 5.75 Å². The Balaban J connectivity index is 1.52. The van der Waals surface area contributed by atoms with E-state index < -0.39 is 0 Å². The van der Waals surface area contributed by atoms with Gasteiger partial charge < -0.3 is 14.2 Å². The summed E-state index contributed by atoms with van der Waals surface area (Å²) in [5.74, 6) is 1.35. The Bertz CT molecular complexity index is 747. The van der Waals surface area contributed by atoms with E-state index in [1.807, 2.05) is 35.2 Å². The molecule has 2 heterocycles. The summed E-state index contributed by atoms with van der Waals surface area (Å²) in [5, 5.41) is 0. The lowest BCUT2D eigenvalue weighted by molar-refractivity contribution is 0.0660. The first kappa shape index (κ1) is 16.3. The molecular weight excluding hydrogens is 304 g/mol. The lowest BCUT2D eigenvalue weighted by Crippen LogP contribution is -2.40. The highest BCUT2D eigenvalue weighted by Crippen LogP contribution is 2.20. The molecule has 0 spiro atoms. The van der Waals surface area contributed by atoms with E-state index in [0.29, 0.717) is 18.1 Å². The number of para-hydroxylation sites is 1. The van der Waals surface area contributed by atoms with Crippen LogP contribution in [0.3, 0.4) is 0 Å². The molecule has 1 aliphatic rings. The molecule has 2 aromatic rings. The number of nitrogens with zero attached hydrogens (tertiary/aromatic N) is 2. The number of piperidine rings is 1. The maximum Gasteiger partial charge on any atom is 0.255 e. The zero-order valence-corrected chi connectivity index (χ0v) is 13.9. The predicted molar refractivity (Wildman–Crippen MR) is 92.2 cm³/mol. The SMILES string of the molecule is Cn1cc(C(=O)N2CCC(COc3ccccc3)CC2)ccc1=O. The van der Waals surface area contributed by atoms with Gasteiger partial charge in [-0.3, -0.25) is 9.59 Å². The van der Waals surface area contributed by atoms with Crippen molar-refractivity contribution in [3.05, 3.63) is 64.6 Å². The van der Waals surface area contributed by atoms with Crippen LogP contribution in [0.2, 0.25) is 0 Å². The van der Waals surface area contributed by atoms with E-state index in [2.05, 4.69) is 0 Å². The van der Waals surface area contributed by atoms with E-state index in [-0.39, 0.29) is 11.5 Å². The van der Waals surface area contributed by atoms with Crippen LogP contribution in [0, 0.1) is 5.92 Å². The number of aromatic nitrogens is 1. The Morgan fingerprint density at radius 2 is 1.83 bits per heavy atom. The molecule has 1 fully saturated rings. The van der Waals surface area contributed by atoms with Crippen LogP contribution in [0.25, 0.3) is 0 Å². The van der Waals surface area contributed by atoms with E-state index in [0.717, 1.165) is 31.7 Å². The summed E-state index contributed by atoms with van der Waals surface area (Å²) in [7, 11) is 1.66. The Kier molecular flexibility index (Phi) is 4.99. The molecular formula is C19H22N2O3. The topological polar surface area (TPSA) is 51.5 Å². The fourth-order valence-corrected chi connectivity index (χ4v) is 2.94. The number of pyridine rings is 1. The molecule has 0 atom stereocenters. The van der Waals surface area contributed by atoms with Crippen molar-refractivity contribution in [1.29, 1.82) is 0 Å². The first-order valence-corrected chi connectivity index (χ1v) is 8.27. The van der Waals surface area contributed by atoms with Gasteiger partial charge in [-0.25, -0.2) is 0 Å². The monoisotopic (exact) mass is 326 g/mol. The van der Waals surface area contributed by atoms with Crippen molar-refractivity contribution in [2.24, 2.45) is 13.0 Å². The average Bonchev–Trinajstić information content (AvgIpc) is 2.63. The van der Waals surface area contributed by atoms with Gasteiger partial charge in [0, 0.05) is 32.4 Å². The van der Waals surface area contributed by atoms with Crippen molar-refractivity contribution < 1.29 is 9.53 Å². The molecule has 0 N–H and O–H groups in total. The number of likely N-dealkylation sites (tertiary alicyclic amines) is 1. The van der Waals surface area contributed by atoms with Gasteiger partial charge in [-0.05, 0) is 37.0 Å². The van der Waals surface area contributed by atoms with Gasteiger partial charge in [0.05, 0.1) is 12.2 Å². The van der Waals surface area contributed by atoms with Crippen LogP contribution in [0.4, 0.5) is 0 Å². The Labute approximate surface area is 141 Å². The van der Waals surface area contributed by atoms with E-state index in [9.17, 15) is 9.59 Å². The maximum absolute atomic E-state index is 12.5. The van der Waals surface area contributed by atoms with E-state index in [4.69, 9.17) is 4.74 Å². The second kappa shape index (κ2) is 7.34. The number of amides is 1. The van der Waals surface area contributed by atoms with Crippen molar-refractivity contribution >= 4 is 5.91 Å². The van der Waals surface area contributed by atoms with Crippen LogP contribution >= 0.6 is 0 Å². The summed E-state index contributed by atoms with van der Waals surface area (Å²) in [5.41, 5.74) is 0.458. The third-order valence-electron chi connectivity index (χ3n) is 4.46. The predicted octanol–water partition coefficient (Wildman–Crippen LogP) is 2.32. The molecule has 3 rings (SSSR count). The Morgan fingerprint density at radius 1 is 1.12 bits per heavy atom. The zero-order chi connectivity index (χ0) is 16.9. The average molecular weight is 326 g/mol. The fourth-order valence-electron chi connectivity index (χ4n) is 2.94. The summed E-state index contributed by atoms with van der Waals surface area (Å²) in [6, 6.07) is 12.9. The summed E-state index contributed by atoms with van der Waals surface area (Å²) < 4.78 is 7.25. The summed E-state index contributed by atoms with van der Waals surface area (Å²) >= 11 is 0. The minimum absolute atomic E-state index is 0.00646. The second-order valence-corrected chi connectivity index (χ2v) is 6.23. The molecule has 1 aromatic carbocycles. The molecule has 0 saturated carbocycles. The molecule has 24 heavy (non-hydrogen) atoms. The molecule has 1 amide bonds. The number of hydrogen-bond acceptors (Lipinski definition) is 3. The fraction of sp³-hybridized carbons (Fsp3) is 0.368. The molecule has 0 radical (unpaired) electrons. The number of aryl methyl sites for hydroxylation is 1. The van der Waals surface area contributed by atoms with Gasteiger partial charge in [-0.1, -0.05) is 18.2 Å². The molecule has 1 saturated heterocycles. The Hall–Kier alpha value is -2.56. The first-order valence-electron chi connectivity index (χ1n) is 8.27. The number of ether oxygens (including phenoxy) is 1. The third-order valence-corrected chi connectivity index (χ3v) is 4.46. The van der Waals surface area contributed by atoms with Gasteiger partial charge in [0.1, 0.15) is 5.75 Å². The van der Waals surface area contributed by atoms with Gasteiger partial charge in [0.2, 0.25) is 5.56 Å². The van der Waals surface area contributed by atoms with Gasteiger partial charge in [0.15, 0.2) is 0 Å². The van der Waals surface area contributed by atoms with Gasteiger partial charge in [-0.15, -0.1) is 0 Å². The number of carbonyl (C=O) groups is 1. The molecule has 5 nitrogen and oxygen atoms in total. The molecule has 5 heteroatoms. The highest BCUT2D eigenvalue weighted by atomic mass is 16.5. The third kappa shape index (κ3) is 3.85. The number of hydrogen-bond donors (Lipinski definition) is 0. The first-order chi connectivity index (χ1) is 11.6. The smallest absolute Gasteiger partial charge is 0.255 e. The molecule has 0 bridgehead atoms. The quantitative estimate of drug-likeness (QED) is 0.866. The molecule has 126 valence electrons. The number of rotatable bonds is 4. The summed E-state index contributed by atoms with van der Waals surface area (Å²) in [6.07, 6.45) is 3.48. The van der Waals surface area contributed by atoms with Gasteiger partial charge >= 0.3 is 0 Å². The van der Waals surface area contributed by atoms with Crippen LogP contribution in [-0.4, -0.2) is 35.1 Å². The van der Waals surface area contributed by atoms with Crippen molar-refractivity contribution in [1.82, 2.24) is 9.47 Å². The summed E-state index contributed by atoms with van der Waals surface area (Å²) in [6.45, 7) is 2.14. The molecule has 0 aliphatic carbocycles. The minimum atomic E-state index is -0.108. The van der Waals surface area contributed by atoms with E-state index >= 15 is 0 Å². The van der Waals surface area contributed by atoms with Crippen molar-refractivity contribution in [2.75, 3.05) is 19.7 Å². The standard InChI is InChI=1S/C19H22N2O3/c1-20-13-16(7-8-18(20)22)19(23)21-11-9-15(10-12-21)14-24-17-5-3-2-4-6-17/h2-8,13,15H,9-12,14H2,1H3.